The molecule has 0 spiro atoms. The van der Waals surface area contributed by atoms with E-state index < -0.39 is 0 Å². The number of aryl methyl sites for hydroxylation is 1. The Labute approximate surface area is 47.4 Å². The molecule has 0 aliphatic carbocycles. The molecule has 0 N–H and O–H groups in total. The molecule has 0 unspecified atom stereocenters. The zero-order valence-corrected chi connectivity index (χ0v) is 4.59. The zero-order chi connectivity index (χ0) is 5.98. The van der Waals surface area contributed by atoms with Crippen molar-refractivity contribution in [1.29, 1.82) is 0 Å². The number of hydrogen-bond donors (Lipinski definition) is 0. The van der Waals surface area contributed by atoms with Crippen molar-refractivity contribution >= 4 is 0 Å². The van der Waals surface area contributed by atoms with Gasteiger partial charge in [-0.05, 0) is 7.05 Å². The van der Waals surface area contributed by atoms with Gasteiger partial charge in [-0.3, -0.25) is 0 Å². The van der Waals surface area contributed by atoms with Gasteiger partial charge in [0.05, 0.1) is 0 Å². The lowest BCUT2D eigenvalue weighted by molar-refractivity contribution is 0.852. The van der Waals surface area contributed by atoms with Crippen LogP contribution in [0.4, 0.5) is 0 Å². The first-order valence-corrected chi connectivity index (χ1v) is 2.34. The topological polar surface area (TPSA) is 22.0 Å². The van der Waals surface area contributed by atoms with Crippen molar-refractivity contribution in [3.63, 3.8) is 0 Å². The summed E-state index contributed by atoms with van der Waals surface area (Å²) in [6, 6.07) is 4.86. The van der Waals surface area contributed by atoms with E-state index >= 15 is 0 Å². The Hall–Kier alpha value is -1.05. The van der Waals surface area contributed by atoms with E-state index in [0.717, 1.165) is 0 Å². The van der Waals surface area contributed by atoms with Crippen molar-refractivity contribution in [2.75, 3.05) is 0 Å². The first-order chi connectivity index (χ1) is 3.80. The lowest BCUT2D eigenvalue weighted by Gasteiger charge is -1.99. The quantitative estimate of drug-likeness (QED) is 0.435. The Bertz CT molecular complexity index is 226. The van der Waals surface area contributed by atoms with Crippen molar-refractivity contribution in [3.05, 3.63) is 34.7 Å². The largest absolute Gasteiger partial charge is 0.426 e. The Kier molecular flexibility index (Phi) is 1.16. The summed E-state index contributed by atoms with van der Waals surface area (Å²) in [5.41, 5.74) is -0.0208. The maximum Gasteiger partial charge on any atom is 0.135 e. The van der Waals surface area contributed by atoms with E-state index in [1.807, 2.05) is 0 Å². The number of rotatable bonds is 0. The Morgan fingerprint density at radius 3 is 2.88 bits per heavy atom. The maximum absolute atomic E-state index is 10.6. The fourth-order valence-electron chi connectivity index (χ4n) is 0.461. The molecule has 2 nitrogen and oxygen atoms in total. The van der Waals surface area contributed by atoms with Gasteiger partial charge in [-0.1, -0.05) is 0 Å². The highest BCUT2D eigenvalue weighted by atomic mass is 16.1. The number of aromatic nitrogens is 1. The van der Waals surface area contributed by atoms with E-state index in [1.54, 1.807) is 19.2 Å². The first-order valence-electron chi connectivity index (χ1n) is 2.34. The molecule has 0 saturated heterocycles. The van der Waals surface area contributed by atoms with E-state index in [2.05, 4.69) is 6.20 Å². The van der Waals surface area contributed by atoms with Crippen molar-refractivity contribution in [3.8, 4) is 0 Å². The number of nitrogens with zero attached hydrogens (tertiary/aromatic N) is 1. The third-order valence-electron chi connectivity index (χ3n) is 0.934. The van der Waals surface area contributed by atoms with Gasteiger partial charge in [0.25, 0.3) is 0 Å². The molecule has 42 valence electrons. The van der Waals surface area contributed by atoms with Gasteiger partial charge in [0.1, 0.15) is 5.56 Å². The molecule has 0 atom stereocenters. The summed E-state index contributed by atoms with van der Waals surface area (Å²) < 4.78 is 1.40. The predicted octanol–water partition coefficient (Wildman–Crippen LogP) is 0.185. The van der Waals surface area contributed by atoms with Crippen molar-refractivity contribution in [2.45, 2.75) is 0 Å². The molecule has 0 aliphatic rings. The average Bonchev–Trinajstić information content (AvgIpc) is 1.77. The Morgan fingerprint density at radius 1 is 1.75 bits per heavy atom. The summed E-state index contributed by atoms with van der Waals surface area (Å²) in [5, 5.41) is 0. The lowest BCUT2D eigenvalue weighted by Crippen LogP contribution is -2.13. The summed E-state index contributed by atoms with van der Waals surface area (Å²) in [6.07, 6.45) is 2.70. The highest BCUT2D eigenvalue weighted by Crippen LogP contribution is 1.71. The van der Waals surface area contributed by atoms with Gasteiger partial charge in [0.15, 0.2) is 0 Å². The first kappa shape index (κ1) is 5.09. The van der Waals surface area contributed by atoms with Crippen LogP contribution in [0.15, 0.2) is 23.0 Å². The van der Waals surface area contributed by atoms with Gasteiger partial charge in [0.2, 0.25) is 0 Å². The Morgan fingerprint density at radius 2 is 2.50 bits per heavy atom. The van der Waals surface area contributed by atoms with Crippen LogP contribution in [-0.4, -0.2) is 4.57 Å². The lowest BCUT2D eigenvalue weighted by atomic mass is 10.5. The molecule has 0 amide bonds. The van der Waals surface area contributed by atoms with Crippen molar-refractivity contribution < 1.29 is 0 Å². The second-order valence-electron chi connectivity index (χ2n) is 1.55. The third kappa shape index (κ3) is 0.780. The highest BCUT2D eigenvalue weighted by molar-refractivity contribution is 4.90. The molecule has 0 saturated carbocycles. The van der Waals surface area contributed by atoms with Crippen molar-refractivity contribution in [2.24, 2.45) is 7.05 Å². The smallest absolute Gasteiger partial charge is 0.135 e. The average molecular weight is 108 g/mol. The van der Waals surface area contributed by atoms with Crippen LogP contribution in [0.25, 0.3) is 0 Å². The maximum atomic E-state index is 10.6. The SMILES string of the molecule is Cn1[c-]cccc1=O. The van der Waals surface area contributed by atoms with E-state index in [0.29, 0.717) is 0 Å². The molecule has 0 aliphatic heterocycles. The molecule has 0 fully saturated rings. The van der Waals surface area contributed by atoms with Crippen molar-refractivity contribution in [1.82, 2.24) is 4.57 Å². The van der Waals surface area contributed by atoms with E-state index in [4.69, 9.17) is 0 Å². The summed E-state index contributed by atoms with van der Waals surface area (Å²) >= 11 is 0. The van der Waals surface area contributed by atoms with Gasteiger partial charge >= 0.3 is 0 Å². The van der Waals surface area contributed by atoms with Crippen LogP contribution >= 0.6 is 0 Å². The highest BCUT2D eigenvalue weighted by Gasteiger charge is 1.69. The molecular weight excluding hydrogens is 102 g/mol. The molecule has 1 aromatic heterocycles. The zero-order valence-electron chi connectivity index (χ0n) is 4.59. The molecule has 2 heteroatoms. The minimum atomic E-state index is -0.0208. The van der Waals surface area contributed by atoms with Gasteiger partial charge in [-0.25, -0.2) is 0 Å². The summed E-state index contributed by atoms with van der Waals surface area (Å²) in [5.74, 6) is 0. The predicted molar refractivity (Wildman–Crippen MR) is 30.5 cm³/mol. The van der Waals surface area contributed by atoms with Crippen LogP contribution in [0, 0.1) is 6.20 Å². The molecule has 1 rings (SSSR count). The van der Waals surface area contributed by atoms with E-state index in [1.165, 1.54) is 10.6 Å². The molecule has 1 aromatic rings. The third-order valence-corrected chi connectivity index (χ3v) is 0.934. The monoisotopic (exact) mass is 108 g/mol. The number of pyridine rings is 1. The van der Waals surface area contributed by atoms with Crippen LogP contribution in [0.3, 0.4) is 0 Å². The second kappa shape index (κ2) is 1.82. The van der Waals surface area contributed by atoms with E-state index in [9.17, 15) is 4.79 Å². The molecule has 0 radical (unpaired) electrons. The van der Waals surface area contributed by atoms with Gasteiger partial charge < -0.3 is 9.36 Å². The summed E-state index contributed by atoms with van der Waals surface area (Å²) in [6.45, 7) is 0. The van der Waals surface area contributed by atoms with Gasteiger partial charge in [-0.2, -0.15) is 12.1 Å². The molecule has 0 bridgehead atoms. The minimum absolute atomic E-state index is 0.0208. The van der Waals surface area contributed by atoms with Crippen LogP contribution in [0.5, 0.6) is 0 Å². The van der Waals surface area contributed by atoms with Crippen LogP contribution < -0.4 is 5.56 Å². The molecule has 1 heterocycles. The van der Waals surface area contributed by atoms with Crippen LogP contribution in [0.1, 0.15) is 0 Å². The van der Waals surface area contributed by atoms with Gasteiger partial charge in [-0.15, -0.1) is 12.3 Å². The summed E-state index contributed by atoms with van der Waals surface area (Å²) in [4.78, 5) is 10.6. The molecular formula is C6H6NO-. The van der Waals surface area contributed by atoms with Crippen LogP contribution in [0.2, 0.25) is 0 Å². The minimum Gasteiger partial charge on any atom is -0.426 e. The van der Waals surface area contributed by atoms with E-state index in [-0.39, 0.29) is 5.56 Å². The summed E-state index contributed by atoms with van der Waals surface area (Å²) in [7, 11) is 1.67. The fourth-order valence-corrected chi connectivity index (χ4v) is 0.461. The van der Waals surface area contributed by atoms with Crippen LogP contribution in [-0.2, 0) is 7.05 Å². The number of hydrogen-bond acceptors (Lipinski definition) is 1. The second-order valence-corrected chi connectivity index (χ2v) is 1.55. The normalized spacial score (nSPS) is 9.12. The fraction of sp³-hybridized carbons (Fsp3) is 0.167. The standard InChI is InChI=1S/C6H6NO/c1-7-5-3-2-4-6(7)8/h2-4H,1H3/q-1. The van der Waals surface area contributed by atoms with Gasteiger partial charge in [0, 0.05) is 0 Å². The molecule has 0 aromatic carbocycles. The molecule has 8 heavy (non-hydrogen) atoms. The Balaban J connectivity index is 3.35.